The van der Waals surface area contributed by atoms with Crippen molar-refractivity contribution in [1.82, 2.24) is 25.1 Å². The second-order valence-corrected chi connectivity index (χ2v) is 6.51. The molecule has 0 aliphatic rings. The molecule has 0 aliphatic carbocycles. The van der Waals surface area contributed by atoms with E-state index in [2.05, 4.69) is 26.4 Å². The molecule has 0 bridgehead atoms. The smallest absolute Gasteiger partial charge is 0.241 e. The van der Waals surface area contributed by atoms with Crippen molar-refractivity contribution < 1.29 is 9.53 Å². The standard InChI is InChI=1S/C21H21N5O2/c1-28-16-8-6-15(7-9-16)18(10-24-21(27)12-26-14-22-13-25-26)19-11-23-20-5-3-2-4-17(19)20/h2-9,11,13-14,18,23H,10,12H2,1H3,(H,24,27). The Hall–Kier alpha value is -3.61. The molecule has 4 rings (SSSR count). The number of methoxy groups -OCH3 is 1. The summed E-state index contributed by atoms with van der Waals surface area (Å²) < 4.78 is 6.78. The number of H-pyrrole nitrogens is 1. The van der Waals surface area contributed by atoms with E-state index in [4.69, 9.17) is 4.74 Å². The lowest BCUT2D eigenvalue weighted by atomic mass is 9.91. The number of rotatable bonds is 7. The lowest BCUT2D eigenvalue weighted by molar-refractivity contribution is -0.121. The van der Waals surface area contributed by atoms with Gasteiger partial charge in [0, 0.05) is 29.6 Å². The Kier molecular flexibility index (Phi) is 5.05. The van der Waals surface area contributed by atoms with Crippen LogP contribution in [0.4, 0.5) is 0 Å². The van der Waals surface area contributed by atoms with Crippen LogP contribution >= 0.6 is 0 Å². The van der Waals surface area contributed by atoms with E-state index in [1.807, 2.05) is 48.7 Å². The number of hydrogen-bond donors (Lipinski definition) is 2. The Morgan fingerprint density at radius 2 is 2.04 bits per heavy atom. The number of carbonyl (C=O) groups is 1. The molecule has 4 aromatic rings. The minimum atomic E-state index is -0.108. The van der Waals surface area contributed by atoms with Crippen molar-refractivity contribution in [2.75, 3.05) is 13.7 Å². The van der Waals surface area contributed by atoms with Crippen LogP contribution in [0.3, 0.4) is 0 Å². The first-order valence-electron chi connectivity index (χ1n) is 9.03. The third-order valence-electron chi connectivity index (χ3n) is 4.79. The van der Waals surface area contributed by atoms with Gasteiger partial charge in [-0.05, 0) is 29.3 Å². The normalized spacial score (nSPS) is 12.0. The number of aromatic nitrogens is 4. The average Bonchev–Trinajstić information content (AvgIpc) is 3.39. The molecule has 0 saturated heterocycles. The molecule has 2 aromatic heterocycles. The van der Waals surface area contributed by atoms with E-state index in [1.165, 1.54) is 17.3 Å². The maximum absolute atomic E-state index is 12.4. The zero-order valence-corrected chi connectivity index (χ0v) is 15.5. The summed E-state index contributed by atoms with van der Waals surface area (Å²) in [5.41, 5.74) is 3.32. The van der Waals surface area contributed by atoms with Crippen LogP contribution in [-0.4, -0.2) is 39.3 Å². The summed E-state index contributed by atoms with van der Waals surface area (Å²) in [4.78, 5) is 19.5. The number of nitrogens with zero attached hydrogens (tertiary/aromatic N) is 3. The SMILES string of the molecule is COc1ccc(C(CNC(=O)Cn2cncn2)c2c[nH]c3ccccc23)cc1. The van der Waals surface area contributed by atoms with Crippen LogP contribution in [-0.2, 0) is 11.3 Å². The molecule has 0 radical (unpaired) electrons. The first-order valence-corrected chi connectivity index (χ1v) is 9.03. The third-order valence-corrected chi connectivity index (χ3v) is 4.79. The maximum Gasteiger partial charge on any atom is 0.241 e. The number of amides is 1. The molecule has 7 heteroatoms. The summed E-state index contributed by atoms with van der Waals surface area (Å²) in [5, 5.41) is 8.15. The van der Waals surface area contributed by atoms with Crippen molar-refractivity contribution >= 4 is 16.8 Å². The lowest BCUT2D eigenvalue weighted by Gasteiger charge is -2.18. The predicted molar refractivity (Wildman–Crippen MR) is 106 cm³/mol. The number of benzene rings is 2. The van der Waals surface area contributed by atoms with E-state index in [1.54, 1.807) is 7.11 Å². The summed E-state index contributed by atoms with van der Waals surface area (Å²) in [6, 6.07) is 16.1. The maximum atomic E-state index is 12.4. The molecule has 1 atom stereocenters. The van der Waals surface area contributed by atoms with Gasteiger partial charge < -0.3 is 15.0 Å². The van der Waals surface area contributed by atoms with E-state index < -0.39 is 0 Å². The van der Waals surface area contributed by atoms with Crippen molar-refractivity contribution in [3.63, 3.8) is 0 Å². The second kappa shape index (κ2) is 7.96. The van der Waals surface area contributed by atoms with Crippen molar-refractivity contribution in [3.8, 4) is 5.75 Å². The number of fused-ring (bicyclic) bond motifs is 1. The molecule has 0 spiro atoms. The Morgan fingerprint density at radius 3 is 2.79 bits per heavy atom. The first kappa shape index (κ1) is 17.8. The monoisotopic (exact) mass is 375 g/mol. The van der Waals surface area contributed by atoms with Crippen LogP contribution in [0.25, 0.3) is 10.9 Å². The molecule has 0 aliphatic heterocycles. The fourth-order valence-corrected chi connectivity index (χ4v) is 3.36. The summed E-state index contributed by atoms with van der Waals surface area (Å²) in [7, 11) is 1.65. The second-order valence-electron chi connectivity index (χ2n) is 6.51. The fourth-order valence-electron chi connectivity index (χ4n) is 3.36. The molecule has 28 heavy (non-hydrogen) atoms. The molecule has 1 unspecified atom stereocenters. The van der Waals surface area contributed by atoms with E-state index in [0.29, 0.717) is 6.54 Å². The molecule has 2 N–H and O–H groups in total. The van der Waals surface area contributed by atoms with Gasteiger partial charge in [-0.25, -0.2) is 9.67 Å². The molecule has 1 amide bonds. The predicted octanol–water partition coefficient (Wildman–Crippen LogP) is 2.72. The lowest BCUT2D eigenvalue weighted by Crippen LogP contribution is -2.31. The van der Waals surface area contributed by atoms with Gasteiger partial charge in [-0.1, -0.05) is 30.3 Å². The van der Waals surface area contributed by atoms with Gasteiger partial charge in [-0.3, -0.25) is 4.79 Å². The number of carbonyl (C=O) groups excluding carboxylic acids is 1. The molecule has 2 aromatic carbocycles. The van der Waals surface area contributed by atoms with E-state index in [9.17, 15) is 4.79 Å². The minimum Gasteiger partial charge on any atom is -0.497 e. The van der Waals surface area contributed by atoms with Crippen molar-refractivity contribution in [2.45, 2.75) is 12.5 Å². The summed E-state index contributed by atoms with van der Waals surface area (Å²) >= 11 is 0. The van der Waals surface area contributed by atoms with Gasteiger partial charge in [0.1, 0.15) is 24.9 Å². The van der Waals surface area contributed by atoms with Crippen LogP contribution in [0.5, 0.6) is 5.75 Å². The largest absolute Gasteiger partial charge is 0.497 e. The van der Waals surface area contributed by atoms with Gasteiger partial charge in [-0.15, -0.1) is 0 Å². The molecule has 0 fully saturated rings. The molecule has 0 saturated carbocycles. The quantitative estimate of drug-likeness (QED) is 0.520. The fraction of sp³-hybridized carbons (Fsp3) is 0.190. The number of nitrogens with one attached hydrogen (secondary N) is 2. The van der Waals surface area contributed by atoms with E-state index >= 15 is 0 Å². The minimum absolute atomic E-state index is 0.00162. The van der Waals surface area contributed by atoms with Gasteiger partial charge in [0.25, 0.3) is 0 Å². The molecule has 2 heterocycles. The Balaban J connectivity index is 1.60. The van der Waals surface area contributed by atoms with Gasteiger partial charge in [0.15, 0.2) is 0 Å². The molecular formula is C21H21N5O2. The highest BCUT2D eigenvalue weighted by Crippen LogP contribution is 2.31. The molecule has 142 valence electrons. The van der Waals surface area contributed by atoms with Crippen molar-refractivity contribution in [3.05, 3.63) is 78.5 Å². The highest BCUT2D eigenvalue weighted by Gasteiger charge is 2.19. The Bertz CT molecular complexity index is 1050. The van der Waals surface area contributed by atoms with E-state index in [0.717, 1.165) is 27.8 Å². The van der Waals surface area contributed by atoms with Crippen LogP contribution in [0.15, 0.2) is 67.4 Å². The van der Waals surface area contributed by atoms with Gasteiger partial charge in [-0.2, -0.15) is 5.10 Å². The number of aromatic amines is 1. The topological polar surface area (TPSA) is 84.8 Å². The zero-order chi connectivity index (χ0) is 19.3. The average molecular weight is 375 g/mol. The van der Waals surface area contributed by atoms with Gasteiger partial charge >= 0.3 is 0 Å². The van der Waals surface area contributed by atoms with Crippen LogP contribution in [0.2, 0.25) is 0 Å². The summed E-state index contributed by atoms with van der Waals surface area (Å²) in [6.07, 6.45) is 4.96. The molecule has 7 nitrogen and oxygen atoms in total. The van der Waals surface area contributed by atoms with E-state index in [-0.39, 0.29) is 18.4 Å². The number of hydrogen-bond acceptors (Lipinski definition) is 4. The van der Waals surface area contributed by atoms with Crippen LogP contribution < -0.4 is 10.1 Å². The van der Waals surface area contributed by atoms with Crippen molar-refractivity contribution in [1.29, 1.82) is 0 Å². The van der Waals surface area contributed by atoms with Gasteiger partial charge in [0.2, 0.25) is 5.91 Å². The first-order chi connectivity index (χ1) is 13.7. The summed E-state index contributed by atoms with van der Waals surface area (Å²) in [5.74, 6) is 0.697. The van der Waals surface area contributed by atoms with Crippen LogP contribution in [0.1, 0.15) is 17.0 Å². The van der Waals surface area contributed by atoms with Crippen LogP contribution in [0, 0.1) is 0 Å². The van der Waals surface area contributed by atoms with Gasteiger partial charge in [0.05, 0.1) is 7.11 Å². The molecular weight excluding hydrogens is 354 g/mol. The Labute approximate surface area is 162 Å². The summed E-state index contributed by atoms with van der Waals surface area (Å²) in [6.45, 7) is 0.616. The Morgan fingerprint density at radius 1 is 1.21 bits per heavy atom. The number of para-hydroxylation sites is 1. The highest BCUT2D eigenvalue weighted by atomic mass is 16.5. The third kappa shape index (κ3) is 3.73. The van der Waals surface area contributed by atoms with Crippen molar-refractivity contribution in [2.24, 2.45) is 0 Å². The highest BCUT2D eigenvalue weighted by molar-refractivity contribution is 5.84. The zero-order valence-electron chi connectivity index (χ0n) is 15.5. The number of ether oxygens (including phenoxy) is 1.